The predicted octanol–water partition coefficient (Wildman–Crippen LogP) is 4.68. The maximum absolute atomic E-state index is 15.2. The van der Waals surface area contributed by atoms with Gasteiger partial charge in [-0.1, -0.05) is 6.58 Å². The molecule has 1 aromatic carbocycles. The Labute approximate surface area is 221 Å². The van der Waals surface area contributed by atoms with E-state index in [0.717, 1.165) is 6.08 Å². The van der Waals surface area contributed by atoms with Crippen molar-refractivity contribution >= 4 is 46.4 Å². The summed E-state index contributed by atoms with van der Waals surface area (Å²) in [6.07, 6.45) is 5.20. The number of allylic oxidation sites excluding steroid dienone is 2. The number of carbonyl (C=O) groups is 1. The Bertz CT molecular complexity index is 1540. The summed E-state index contributed by atoms with van der Waals surface area (Å²) in [6, 6.07) is 5.44. The molecular weight excluding hydrogens is 513 g/mol. The van der Waals surface area contributed by atoms with Crippen LogP contribution in [0.25, 0.3) is 23.1 Å². The Morgan fingerprint density at radius 2 is 1.97 bits per heavy atom. The topological polar surface area (TPSA) is 164 Å². The fourth-order valence-electron chi connectivity index (χ4n) is 3.82. The van der Waals surface area contributed by atoms with E-state index < -0.39 is 33.9 Å². The van der Waals surface area contributed by atoms with E-state index >= 15 is 4.39 Å². The van der Waals surface area contributed by atoms with Gasteiger partial charge in [0.25, 0.3) is 0 Å². The number of nitrogens with one attached hydrogen (secondary N) is 1. The molecule has 0 bridgehead atoms. The van der Waals surface area contributed by atoms with Crippen molar-refractivity contribution < 1.29 is 33.5 Å². The van der Waals surface area contributed by atoms with Crippen molar-refractivity contribution in [2.75, 3.05) is 36.5 Å². The second kappa shape index (κ2) is 11.6. The fourth-order valence-corrected chi connectivity index (χ4v) is 3.82. The lowest BCUT2D eigenvalue weighted by Gasteiger charge is -2.29. The molecule has 0 spiro atoms. The molecule has 0 amide bonds. The van der Waals surface area contributed by atoms with E-state index in [-0.39, 0.29) is 28.6 Å². The number of anilines is 2. The number of benzene rings is 1. The molecule has 3 aromatic rings. The first-order valence-corrected chi connectivity index (χ1v) is 11.7. The van der Waals surface area contributed by atoms with Gasteiger partial charge < -0.3 is 29.6 Å². The van der Waals surface area contributed by atoms with Crippen LogP contribution in [0.5, 0.6) is 0 Å². The minimum atomic E-state index is -1.37. The van der Waals surface area contributed by atoms with Crippen LogP contribution in [0.1, 0.15) is 18.5 Å². The van der Waals surface area contributed by atoms with Crippen LogP contribution in [0, 0.1) is 15.9 Å². The van der Waals surface area contributed by atoms with Crippen LogP contribution in [-0.2, 0) is 9.53 Å². The number of rotatable bonds is 9. The van der Waals surface area contributed by atoms with E-state index in [2.05, 4.69) is 21.9 Å². The largest absolute Gasteiger partial charge is 0.507 e. The van der Waals surface area contributed by atoms with Gasteiger partial charge in [0.2, 0.25) is 0 Å². The molecule has 3 N–H and O–H groups in total. The Kier molecular flexibility index (Phi) is 8.01. The molecule has 12 nitrogen and oxygen atoms in total. The number of aromatic nitrogens is 2. The summed E-state index contributed by atoms with van der Waals surface area (Å²) in [6.45, 7) is 7.17. The molecule has 0 aliphatic carbocycles. The number of aliphatic hydroxyl groups is 1. The van der Waals surface area contributed by atoms with Crippen molar-refractivity contribution in [3.8, 4) is 0 Å². The summed E-state index contributed by atoms with van der Waals surface area (Å²) in [7, 11) is 0. The van der Waals surface area contributed by atoms with E-state index in [1.165, 1.54) is 43.4 Å². The summed E-state index contributed by atoms with van der Waals surface area (Å²) in [5.41, 5.74) is 0.240. The molecule has 4 rings (SSSR count). The minimum Gasteiger partial charge on any atom is -0.507 e. The minimum absolute atomic E-state index is 0.0784. The number of furan rings is 1. The maximum Gasteiger partial charge on any atom is 0.433 e. The lowest BCUT2D eigenvalue weighted by atomic mass is 10.1. The predicted molar refractivity (Wildman–Crippen MR) is 142 cm³/mol. The molecule has 1 saturated heterocycles. The highest BCUT2D eigenvalue weighted by Gasteiger charge is 2.19. The Hall–Kier alpha value is -5.04. The second-order valence-electron chi connectivity index (χ2n) is 8.30. The van der Waals surface area contributed by atoms with E-state index in [4.69, 9.17) is 9.15 Å². The van der Waals surface area contributed by atoms with Crippen LogP contribution in [0.15, 0.2) is 64.4 Å². The number of morpholine rings is 1. The van der Waals surface area contributed by atoms with Crippen LogP contribution in [-0.4, -0.2) is 57.4 Å². The summed E-state index contributed by atoms with van der Waals surface area (Å²) >= 11 is 0. The molecule has 0 unspecified atom stereocenters. The maximum atomic E-state index is 15.2. The third kappa shape index (κ3) is 6.27. The Morgan fingerprint density at radius 3 is 2.62 bits per heavy atom. The number of ether oxygens (including phenoxy) is 1. The fraction of sp³-hybridized carbons (Fsp3) is 0.192. The Morgan fingerprint density at radius 1 is 1.23 bits per heavy atom. The molecule has 1 fully saturated rings. The van der Waals surface area contributed by atoms with Gasteiger partial charge in [0.15, 0.2) is 5.82 Å². The van der Waals surface area contributed by atoms with Crippen LogP contribution in [0.4, 0.5) is 21.8 Å². The highest BCUT2D eigenvalue weighted by Crippen LogP contribution is 2.31. The van der Waals surface area contributed by atoms with Crippen molar-refractivity contribution in [2.45, 2.75) is 6.92 Å². The number of nitrogens with zero attached hydrogens (tertiary/aromatic N) is 4. The SMILES string of the molecule is C=C(/C=C(C(=O)O)\C(O)=C/C)Nc1nc(/C=C/c2ccc([N+](=O)[O-])o2)nc2cc(F)c(N3CCOCC3)cc12. The van der Waals surface area contributed by atoms with Crippen molar-refractivity contribution in [3.63, 3.8) is 0 Å². The van der Waals surface area contributed by atoms with Crippen molar-refractivity contribution in [2.24, 2.45) is 0 Å². The van der Waals surface area contributed by atoms with Crippen LogP contribution >= 0.6 is 0 Å². The molecule has 0 radical (unpaired) electrons. The van der Waals surface area contributed by atoms with E-state index in [1.54, 1.807) is 6.07 Å². The van der Waals surface area contributed by atoms with Crippen LogP contribution in [0.2, 0.25) is 0 Å². The van der Waals surface area contributed by atoms with Crippen LogP contribution in [0.3, 0.4) is 0 Å². The number of fused-ring (bicyclic) bond motifs is 1. The van der Waals surface area contributed by atoms with E-state index in [0.29, 0.717) is 37.4 Å². The molecule has 3 heterocycles. The zero-order valence-corrected chi connectivity index (χ0v) is 20.8. The zero-order valence-electron chi connectivity index (χ0n) is 20.8. The number of carboxylic acid groups (broad SMARTS) is 1. The van der Waals surface area contributed by atoms with Gasteiger partial charge in [0.05, 0.1) is 30.5 Å². The van der Waals surface area contributed by atoms with Gasteiger partial charge in [-0.2, -0.15) is 0 Å². The van der Waals surface area contributed by atoms with Gasteiger partial charge in [-0.15, -0.1) is 0 Å². The average molecular weight is 538 g/mol. The average Bonchev–Trinajstić information content (AvgIpc) is 3.40. The first kappa shape index (κ1) is 27.0. The third-order valence-electron chi connectivity index (χ3n) is 5.70. The number of hydrogen-bond acceptors (Lipinski definition) is 10. The number of halogens is 1. The van der Waals surface area contributed by atoms with Gasteiger partial charge >= 0.3 is 11.9 Å². The summed E-state index contributed by atoms with van der Waals surface area (Å²) in [5, 5.41) is 33.6. The highest BCUT2D eigenvalue weighted by molar-refractivity contribution is 5.94. The first-order chi connectivity index (χ1) is 18.7. The molecule has 0 atom stereocenters. The molecule has 1 aliphatic rings. The smallest absolute Gasteiger partial charge is 0.433 e. The van der Waals surface area contributed by atoms with Gasteiger partial charge in [-0.25, -0.2) is 19.2 Å². The van der Waals surface area contributed by atoms with Crippen LogP contribution < -0.4 is 10.2 Å². The summed E-state index contributed by atoms with van der Waals surface area (Å²) in [5.74, 6) is -2.29. The third-order valence-corrected chi connectivity index (χ3v) is 5.70. The summed E-state index contributed by atoms with van der Waals surface area (Å²) < 4.78 is 25.6. The lowest BCUT2D eigenvalue weighted by molar-refractivity contribution is -0.402. The van der Waals surface area contributed by atoms with E-state index in [9.17, 15) is 25.1 Å². The van der Waals surface area contributed by atoms with Gasteiger partial charge in [0, 0.05) is 30.2 Å². The monoisotopic (exact) mass is 537 g/mol. The van der Waals surface area contributed by atoms with Gasteiger partial charge in [-0.3, -0.25) is 10.1 Å². The molecule has 39 heavy (non-hydrogen) atoms. The number of aliphatic carboxylic acids is 1. The molecule has 1 aliphatic heterocycles. The number of aliphatic hydroxyl groups excluding tert-OH is 1. The van der Waals surface area contributed by atoms with Gasteiger partial charge in [0.1, 0.15) is 33.7 Å². The first-order valence-electron chi connectivity index (χ1n) is 11.7. The zero-order chi connectivity index (χ0) is 28.1. The molecule has 13 heteroatoms. The van der Waals surface area contributed by atoms with Crippen molar-refractivity contribution in [1.29, 1.82) is 0 Å². The highest BCUT2D eigenvalue weighted by atomic mass is 19.1. The Balaban J connectivity index is 1.78. The number of nitro groups is 1. The van der Waals surface area contributed by atoms with E-state index in [1.807, 2.05) is 4.90 Å². The lowest BCUT2D eigenvalue weighted by Crippen LogP contribution is -2.36. The molecular formula is C26H24FN5O7. The number of hydrogen-bond donors (Lipinski definition) is 3. The second-order valence-corrected chi connectivity index (χ2v) is 8.30. The molecule has 202 valence electrons. The quantitative estimate of drug-likeness (QED) is 0.114. The van der Waals surface area contributed by atoms with Gasteiger partial charge in [-0.05, 0) is 43.4 Å². The van der Waals surface area contributed by atoms with Crippen molar-refractivity contribution in [1.82, 2.24) is 9.97 Å². The normalized spacial score (nSPS) is 14.7. The standard InChI is InChI=1S/C26H24FN5O7/c1-3-22(33)18(26(34)35)12-15(2)28-25-17-13-21(31-8-10-38-11-9-31)19(27)14-20(17)29-23(30-25)6-4-16-5-7-24(39-16)32(36)37/h3-7,12-14,33H,2,8-11H2,1H3,(H,34,35)(H,28,29,30)/b6-4+,18-12+,22-3+. The molecule has 2 aromatic heterocycles. The number of carboxylic acids is 1. The van der Waals surface area contributed by atoms with Crippen molar-refractivity contribution in [3.05, 3.63) is 87.5 Å². The summed E-state index contributed by atoms with van der Waals surface area (Å²) in [4.78, 5) is 32.5. The molecule has 0 saturated carbocycles.